The van der Waals surface area contributed by atoms with Gasteiger partial charge in [0.1, 0.15) is 0 Å². The monoisotopic (exact) mass is 136 g/mol. The lowest BCUT2D eigenvalue weighted by atomic mass is 10.4. The summed E-state index contributed by atoms with van der Waals surface area (Å²) in [4.78, 5) is 0. The van der Waals surface area contributed by atoms with Crippen LogP contribution < -0.4 is 5.19 Å². The largest absolute Gasteiger partial charge is 0.0680 e. The van der Waals surface area contributed by atoms with Crippen LogP contribution in [0.5, 0.6) is 0 Å². The molecule has 0 unspecified atom stereocenters. The van der Waals surface area contributed by atoms with Crippen LogP contribution in [0.15, 0.2) is 30.3 Å². The van der Waals surface area contributed by atoms with E-state index in [0.717, 1.165) is 0 Å². The first kappa shape index (κ1) is 6.56. The molecule has 1 aromatic rings. The van der Waals surface area contributed by atoms with Crippen molar-refractivity contribution < 1.29 is 0 Å². The van der Waals surface area contributed by atoms with Crippen LogP contribution >= 0.6 is 0 Å². The van der Waals surface area contributed by atoms with Crippen molar-refractivity contribution in [3.63, 3.8) is 0 Å². The summed E-state index contributed by atoms with van der Waals surface area (Å²) in [6, 6.07) is 12.2. The summed E-state index contributed by atoms with van der Waals surface area (Å²) in [5, 5.41) is 1.58. The maximum absolute atomic E-state index is 2.26. The van der Waals surface area contributed by atoms with Gasteiger partial charge in [-0.3, -0.25) is 0 Å². The Morgan fingerprint density at radius 1 is 1.22 bits per heavy atom. The lowest BCUT2D eigenvalue weighted by Gasteiger charge is -1.92. The molecule has 0 radical (unpaired) electrons. The minimum Gasteiger partial charge on any atom is -0.0680 e. The van der Waals surface area contributed by atoms with Gasteiger partial charge in [-0.15, -0.1) is 0 Å². The smallest absolute Gasteiger partial charge is 0.0544 e. The van der Waals surface area contributed by atoms with Crippen molar-refractivity contribution in [2.24, 2.45) is 0 Å². The Morgan fingerprint density at radius 3 is 2.44 bits per heavy atom. The zero-order valence-electron chi connectivity index (χ0n) is 5.80. The minimum absolute atomic E-state index is 0.0990. The van der Waals surface area contributed by atoms with Crippen LogP contribution in [0.2, 0.25) is 6.04 Å². The van der Waals surface area contributed by atoms with Gasteiger partial charge in [0.25, 0.3) is 0 Å². The van der Waals surface area contributed by atoms with Gasteiger partial charge in [-0.2, -0.15) is 0 Å². The highest BCUT2D eigenvalue weighted by Gasteiger charge is 1.85. The third-order valence-electron chi connectivity index (χ3n) is 1.38. The van der Waals surface area contributed by atoms with Crippen LogP contribution in [0.3, 0.4) is 0 Å². The van der Waals surface area contributed by atoms with E-state index in [9.17, 15) is 0 Å². The second kappa shape index (κ2) is 3.46. The van der Waals surface area contributed by atoms with Crippen molar-refractivity contribution in [3.8, 4) is 0 Å². The first-order valence-electron chi connectivity index (χ1n) is 3.47. The van der Waals surface area contributed by atoms with E-state index >= 15 is 0 Å². The van der Waals surface area contributed by atoms with Crippen LogP contribution in [0.1, 0.15) is 6.92 Å². The van der Waals surface area contributed by atoms with Crippen molar-refractivity contribution in [2.45, 2.75) is 13.0 Å². The SMILES string of the molecule is CC[SiH2]c1ccccc1. The summed E-state index contributed by atoms with van der Waals surface area (Å²) >= 11 is 0. The minimum atomic E-state index is 0.0990. The first-order chi connectivity index (χ1) is 4.43. The molecule has 48 valence electrons. The molecule has 0 amide bonds. The standard InChI is InChI=1S/C8H12Si/c1-2-9-8-6-4-3-5-7-8/h3-7H,2,9H2,1H3. The fourth-order valence-corrected chi connectivity index (χ4v) is 2.12. The molecule has 0 aromatic heterocycles. The number of rotatable bonds is 2. The Labute approximate surface area is 58.7 Å². The van der Waals surface area contributed by atoms with Crippen molar-refractivity contribution >= 4 is 14.7 Å². The van der Waals surface area contributed by atoms with Crippen LogP contribution in [0.25, 0.3) is 0 Å². The molecule has 0 nitrogen and oxygen atoms in total. The Kier molecular flexibility index (Phi) is 2.52. The van der Waals surface area contributed by atoms with Crippen LogP contribution in [-0.4, -0.2) is 9.52 Å². The molecule has 1 heteroatoms. The predicted molar refractivity (Wildman–Crippen MR) is 45.1 cm³/mol. The van der Waals surface area contributed by atoms with Gasteiger partial charge in [-0.25, -0.2) is 0 Å². The molecule has 0 saturated heterocycles. The molecule has 1 aromatic carbocycles. The second-order valence-corrected chi connectivity index (χ2v) is 4.55. The zero-order chi connectivity index (χ0) is 6.53. The zero-order valence-corrected chi connectivity index (χ0v) is 7.22. The highest BCUT2D eigenvalue weighted by Crippen LogP contribution is 1.82. The molecule has 0 fully saturated rings. The van der Waals surface area contributed by atoms with Crippen LogP contribution in [-0.2, 0) is 0 Å². The van der Waals surface area contributed by atoms with E-state index in [4.69, 9.17) is 0 Å². The van der Waals surface area contributed by atoms with Crippen molar-refractivity contribution in [1.29, 1.82) is 0 Å². The van der Waals surface area contributed by atoms with Gasteiger partial charge in [0.2, 0.25) is 0 Å². The Morgan fingerprint density at radius 2 is 1.89 bits per heavy atom. The van der Waals surface area contributed by atoms with Gasteiger partial charge in [-0.05, 0) is 0 Å². The molecule has 9 heavy (non-hydrogen) atoms. The summed E-state index contributed by atoms with van der Waals surface area (Å²) in [6.45, 7) is 2.26. The van der Waals surface area contributed by atoms with Crippen LogP contribution in [0.4, 0.5) is 0 Å². The average Bonchev–Trinajstić information content (AvgIpc) is 1.91. The number of hydrogen-bond acceptors (Lipinski definition) is 0. The van der Waals surface area contributed by atoms with E-state index in [-0.39, 0.29) is 9.52 Å². The second-order valence-electron chi connectivity index (χ2n) is 2.24. The molecule has 0 atom stereocenters. The van der Waals surface area contributed by atoms with Gasteiger partial charge in [-0.1, -0.05) is 48.5 Å². The molecule has 0 saturated carbocycles. The topological polar surface area (TPSA) is 0 Å². The predicted octanol–water partition coefficient (Wildman–Crippen LogP) is 0.919. The summed E-state index contributed by atoms with van der Waals surface area (Å²) < 4.78 is 0. The molecule has 0 heterocycles. The molecule has 1 rings (SSSR count). The lowest BCUT2D eigenvalue weighted by Crippen LogP contribution is -2.10. The molecule has 0 aliphatic carbocycles. The average molecular weight is 136 g/mol. The molecule has 0 aliphatic heterocycles. The fraction of sp³-hybridized carbons (Fsp3) is 0.250. The summed E-state index contributed by atoms with van der Waals surface area (Å²) in [6.07, 6.45) is 0. The number of hydrogen-bond donors (Lipinski definition) is 0. The third kappa shape index (κ3) is 2.02. The highest BCUT2D eigenvalue weighted by atomic mass is 28.2. The molecule has 0 aliphatic rings. The fourth-order valence-electron chi connectivity index (χ4n) is 0.933. The highest BCUT2D eigenvalue weighted by molar-refractivity contribution is 6.53. The van der Waals surface area contributed by atoms with E-state index in [1.165, 1.54) is 6.04 Å². The molecular formula is C8H12Si. The van der Waals surface area contributed by atoms with E-state index in [1.807, 2.05) is 0 Å². The first-order valence-corrected chi connectivity index (χ1v) is 5.18. The maximum Gasteiger partial charge on any atom is 0.0544 e. The molecule has 0 spiro atoms. The maximum atomic E-state index is 2.26. The number of benzene rings is 1. The van der Waals surface area contributed by atoms with E-state index in [1.54, 1.807) is 5.19 Å². The quantitative estimate of drug-likeness (QED) is 0.530. The Balaban J connectivity index is 2.61. The Bertz CT molecular complexity index is 157. The third-order valence-corrected chi connectivity index (χ3v) is 2.93. The summed E-state index contributed by atoms with van der Waals surface area (Å²) in [5.74, 6) is 0. The van der Waals surface area contributed by atoms with Gasteiger partial charge < -0.3 is 0 Å². The van der Waals surface area contributed by atoms with Crippen molar-refractivity contribution in [2.75, 3.05) is 0 Å². The van der Waals surface area contributed by atoms with Gasteiger partial charge in [0, 0.05) is 0 Å². The van der Waals surface area contributed by atoms with Gasteiger partial charge >= 0.3 is 0 Å². The summed E-state index contributed by atoms with van der Waals surface area (Å²) in [7, 11) is 0.0990. The van der Waals surface area contributed by atoms with E-state index in [2.05, 4.69) is 37.3 Å². The van der Waals surface area contributed by atoms with Gasteiger partial charge in [0.05, 0.1) is 9.52 Å². The molecule has 0 N–H and O–H groups in total. The van der Waals surface area contributed by atoms with Crippen molar-refractivity contribution in [1.82, 2.24) is 0 Å². The van der Waals surface area contributed by atoms with Gasteiger partial charge in [0.15, 0.2) is 0 Å². The van der Waals surface area contributed by atoms with Crippen LogP contribution in [0, 0.1) is 0 Å². The van der Waals surface area contributed by atoms with E-state index in [0.29, 0.717) is 0 Å². The molecular weight excluding hydrogens is 124 g/mol. The lowest BCUT2D eigenvalue weighted by molar-refractivity contribution is 1.46. The van der Waals surface area contributed by atoms with E-state index < -0.39 is 0 Å². The normalized spacial score (nSPS) is 10.8. The molecule has 0 bridgehead atoms. The summed E-state index contributed by atoms with van der Waals surface area (Å²) in [5.41, 5.74) is 0. The Hall–Kier alpha value is -0.563. The van der Waals surface area contributed by atoms with Crippen molar-refractivity contribution in [3.05, 3.63) is 30.3 Å².